The third-order valence-corrected chi connectivity index (χ3v) is 7.37. The van der Waals surface area contributed by atoms with Crippen LogP contribution >= 0.6 is 0 Å². The van der Waals surface area contributed by atoms with Gasteiger partial charge in [0.1, 0.15) is 12.1 Å². The smallest absolute Gasteiger partial charge is 0.328 e. The Bertz CT molecular complexity index is 1120. The number of rotatable bonds is 31. The van der Waals surface area contributed by atoms with Crippen LogP contribution in [-0.4, -0.2) is 59.3 Å². The Kier molecular flexibility index (Phi) is 32.1. The fourth-order valence-electron chi connectivity index (χ4n) is 4.58. The number of aliphatic hydroxyl groups excluding tert-OH is 1. The van der Waals surface area contributed by atoms with Gasteiger partial charge in [0.25, 0.3) is 0 Å². The topological polar surface area (TPSA) is 142 Å². The van der Waals surface area contributed by atoms with E-state index in [1.807, 2.05) is 12.2 Å². The summed E-state index contributed by atoms with van der Waals surface area (Å²) in [5.74, 6) is -2.51. The van der Waals surface area contributed by atoms with Crippen LogP contribution in [0.5, 0.6) is 0 Å². The van der Waals surface area contributed by atoms with Gasteiger partial charge >= 0.3 is 11.9 Å². The number of nitrogens with one attached hydrogen (secondary N) is 2. The van der Waals surface area contributed by atoms with E-state index in [1.54, 1.807) is 0 Å². The van der Waals surface area contributed by atoms with Crippen molar-refractivity contribution in [2.75, 3.05) is 13.2 Å². The monoisotopic (exact) mass is 696 g/mol. The largest absolute Gasteiger partial charge is 0.480 e. The van der Waals surface area contributed by atoms with Gasteiger partial charge in [0.05, 0.1) is 13.2 Å². The van der Waals surface area contributed by atoms with E-state index in [0.29, 0.717) is 19.3 Å². The van der Waals surface area contributed by atoms with Gasteiger partial charge in [0, 0.05) is 12.8 Å². The average Bonchev–Trinajstić information content (AvgIpc) is 3.10. The van der Waals surface area contributed by atoms with E-state index in [2.05, 4.69) is 97.4 Å². The summed E-state index contributed by atoms with van der Waals surface area (Å²) in [6.45, 7) is 3.17. The molecule has 0 saturated carbocycles. The zero-order valence-corrected chi connectivity index (χ0v) is 30.6. The van der Waals surface area contributed by atoms with Gasteiger partial charge in [-0.3, -0.25) is 14.4 Å². The van der Waals surface area contributed by atoms with Gasteiger partial charge in [-0.1, -0.05) is 106 Å². The first-order valence-corrected chi connectivity index (χ1v) is 18.5. The Morgan fingerprint density at radius 2 is 1.14 bits per heavy atom. The highest BCUT2D eigenvalue weighted by Gasteiger charge is 2.18. The highest BCUT2D eigenvalue weighted by molar-refractivity contribution is 5.87. The summed E-state index contributed by atoms with van der Waals surface area (Å²) in [5.41, 5.74) is 0. The minimum atomic E-state index is -1.40. The Balaban J connectivity index is 4.46. The number of hydrogen-bond donors (Lipinski definition) is 4. The molecule has 0 aromatic heterocycles. The molecule has 0 bridgehead atoms. The maximum atomic E-state index is 12.6. The second kappa shape index (κ2) is 34.9. The van der Waals surface area contributed by atoms with Crippen molar-refractivity contribution in [1.82, 2.24) is 10.6 Å². The van der Waals surface area contributed by atoms with Crippen LogP contribution in [0.3, 0.4) is 0 Å². The number of carbonyl (C=O) groups excluding carboxylic acids is 3. The molecule has 0 aromatic rings. The van der Waals surface area contributed by atoms with Crippen LogP contribution in [0.2, 0.25) is 0 Å². The van der Waals surface area contributed by atoms with Gasteiger partial charge in [-0.25, -0.2) is 4.79 Å². The van der Waals surface area contributed by atoms with Crippen LogP contribution in [0, 0.1) is 0 Å². The lowest BCUT2D eigenvalue weighted by Crippen LogP contribution is -2.47. The van der Waals surface area contributed by atoms with Crippen molar-refractivity contribution in [3.05, 3.63) is 85.1 Å². The number of unbranched alkanes of at least 4 members (excludes halogenated alkanes) is 5. The first-order valence-electron chi connectivity index (χ1n) is 18.5. The standard InChI is InChI=1S/C41H64N2O7/c1-3-5-7-9-11-13-14-15-16-17-18-19-21-23-29-33-40(47)50-36(30-26-22-20-12-10-8-6-4-2)31-27-24-25-28-32-38(45)42-34-39(46)43-37(35-44)41(48)49/h5-8,11-13,15-16,18-20,26,30,36-37,44H,3-4,9-10,14,17,21-25,27-29,31-35H2,1-2H3,(H,42,45)(H,43,46)(H,48,49)/b7-5-,8-6-,13-11-,16-15-,19-18-,20-12-,30-26-. The number of carboxylic acids is 1. The predicted octanol–water partition coefficient (Wildman–Crippen LogP) is 8.14. The average molecular weight is 697 g/mol. The summed E-state index contributed by atoms with van der Waals surface area (Å²) < 4.78 is 5.83. The molecule has 0 fully saturated rings. The second-order valence-electron chi connectivity index (χ2n) is 11.9. The van der Waals surface area contributed by atoms with E-state index in [1.165, 1.54) is 0 Å². The van der Waals surface area contributed by atoms with Gasteiger partial charge in [0.2, 0.25) is 11.8 Å². The quantitative estimate of drug-likeness (QED) is 0.0326. The van der Waals surface area contributed by atoms with E-state index in [4.69, 9.17) is 14.9 Å². The van der Waals surface area contributed by atoms with E-state index in [0.717, 1.165) is 83.5 Å². The van der Waals surface area contributed by atoms with Crippen LogP contribution in [0.4, 0.5) is 0 Å². The molecule has 50 heavy (non-hydrogen) atoms. The van der Waals surface area contributed by atoms with Crippen molar-refractivity contribution in [3.8, 4) is 0 Å². The Labute approximate surface area is 301 Å². The van der Waals surface area contributed by atoms with Crippen LogP contribution in [0.15, 0.2) is 85.1 Å². The van der Waals surface area contributed by atoms with Crippen molar-refractivity contribution < 1.29 is 34.1 Å². The summed E-state index contributed by atoms with van der Waals surface area (Å²) in [4.78, 5) is 47.3. The summed E-state index contributed by atoms with van der Waals surface area (Å²) in [7, 11) is 0. The van der Waals surface area contributed by atoms with Crippen molar-refractivity contribution in [2.24, 2.45) is 0 Å². The molecule has 9 heteroatoms. The van der Waals surface area contributed by atoms with Crippen LogP contribution < -0.4 is 10.6 Å². The number of hydrogen-bond acceptors (Lipinski definition) is 6. The van der Waals surface area contributed by atoms with Crippen molar-refractivity contribution in [3.63, 3.8) is 0 Å². The number of ether oxygens (including phenoxy) is 1. The molecule has 2 unspecified atom stereocenters. The van der Waals surface area contributed by atoms with E-state index in [9.17, 15) is 19.2 Å². The van der Waals surface area contributed by atoms with Crippen molar-refractivity contribution >= 4 is 23.8 Å². The Morgan fingerprint density at radius 3 is 1.70 bits per heavy atom. The van der Waals surface area contributed by atoms with Gasteiger partial charge in [-0.05, 0) is 89.5 Å². The molecule has 280 valence electrons. The maximum Gasteiger partial charge on any atom is 0.328 e. The highest BCUT2D eigenvalue weighted by Crippen LogP contribution is 2.13. The third-order valence-electron chi connectivity index (χ3n) is 7.37. The minimum Gasteiger partial charge on any atom is -0.480 e. The minimum absolute atomic E-state index is 0.181. The molecular formula is C41H64N2O7. The SMILES string of the molecule is CC/C=C\C/C=C\C/C=C\C/C=C\CCCCC(=O)OC(/C=C\C/C=C\C/C=C\CC)CCCCCCC(=O)NCC(=O)NC(CO)C(=O)O. The van der Waals surface area contributed by atoms with E-state index in [-0.39, 0.29) is 30.9 Å². The molecule has 0 aliphatic heterocycles. The summed E-state index contributed by atoms with van der Waals surface area (Å²) in [6.07, 6.45) is 43.5. The molecule has 0 heterocycles. The van der Waals surface area contributed by atoms with Gasteiger partial charge in [-0.2, -0.15) is 0 Å². The number of carboxylic acid groups (broad SMARTS) is 1. The van der Waals surface area contributed by atoms with Crippen molar-refractivity contribution in [1.29, 1.82) is 0 Å². The number of amides is 2. The summed E-state index contributed by atoms with van der Waals surface area (Å²) in [6, 6.07) is -1.40. The first kappa shape index (κ1) is 46.0. The van der Waals surface area contributed by atoms with Crippen LogP contribution in [-0.2, 0) is 23.9 Å². The second-order valence-corrected chi connectivity index (χ2v) is 11.9. The number of allylic oxidation sites excluding steroid dienone is 13. The third kappa shape index (κ3) is 31.3. The molecule has 2 amide bonds. The Hall–Kier alpha value is -3.98. The van der Waals surface area contributed by atoms with Gasteiger partial charge in [-0.15, -0.1) is 0 Å². The molecule has 0 aliphatic rings. The molecule has 0 radical (unpaired) electrons. The lowest BCUT2D eigenvalue weighted by molar-refractivity contribution is -0.147. The molecule has 2 atom stereocenters. The predicted molar refractivity (Wildman–Crippen MR) is 203 cm³/mol. The molecule has 0 aromatic carbocycles. The molecule has 0 spiro atoms. The molecule has 4 N–H and O–H groups in total. The number of carbonyl (C=O) groups is 4. The number of aliphatic carboxylic acids is 1. The number of esters is 1. The molecule has 0 saturated heterocycles. The Morgan fingerprint density at radius 1 is 0.620 bits per heavy atom. The van der Waals surface area contributed by atoms with E-state index < -0.39 is 24.5 Å². The molecule has 0 rings (SSSR count). The fourth-order valence-corrected chi connectivity index (χ4v) is 4.58. The zero-order valence-electron chi connectivity index (χ0n) is 30.6. The normalized spacial score (nSPS) is 13.5. The number of aliphatic hydroxyl groups is 1. The summed E-state index contributed by atoms with van der Waals surface area (Å²) in [5, 5.41) is 22.5. The van der Waals surface area contributed by atoms with Crippen molar-refractivity contribution in [2.45, 2.75) is 135 Å². The lowest BCUT2D eigenvalue weighted by atomic mass is 10.1. The van der Waals surface area contributed by atoms with Crippen LogP contribution in [0.25, 0.3) is 0 Å². The van der Waals surface area contributed by atoms with Gasteiger partial charge < -0.3 is 25.6 Å². The zero-order chi connectivity index (χ0) is 36.9. The molecule has 0 aliphatic carbocycles. The van der Waals surface area contributed by atoms with Crippen LogP contribution in [0.1, 0.15) is 123 Å². The first-order chi connectivity index (χ1) is 24.3. The fraction of sp³-hybridized carbons (Fsp3) is 0.561. The maximum absolute atomic E-state index is 12.6. The lowest BCUT2D eigenvalue weighted by Gasteiger charge is -2.14. The molecule has 9 nitrogen and oxygen atoms in total. The highest BCUT2D eigenvalue weighted by atomic mass is 16.5. The summed E-state index contributed by atoms with van der Waals surface area (Å²) >= 11 is 0. The van der Waals surface area contributed by atoms with E-state index >= 15 is 0 Å². The van der Waals surface area contributed by atoms with Gasteiger partial charge in [0.15, 0.2) is 0 Å². The molecular weight excluding hydrogens is 632 g/mol.